The lowest BCUT2D eigenvalue weighted by Crippen LogP contribution is -2.43. The molecule has 2 aromatic rings. The molecule has 2 N–H and O–H groups in total. The molecule has 0 unspecified atom stereocenters. The summed E-state index contributed by atoms with van der Waals surface area (Å²) in [5.74, 6) is -1.77. The molecule has 0 atom stereocenters. The average molecular weight is 418 g/mol. The third-order valence-corrected chi connectivity index (χ3v) is 4.27. The second kappa shape index (κ2) is 9.65. The molecule has 0 saturated carbocycles. The van der Waals surface area contributed by atoms with Crippen LogP contribution in [0.2, 0.25) is 0 Å². The fraction of sp³-hybridized carbons (Fsp3) is 0.263. The van der Waals surface area contributed by atoms with E-state index in [9.17, 15) is 24.1 Å². The molecule has 1 aliphatic heterocycles. The Morgan fingerprint density at radius 1 is 1.17 bits per heavy atom. The summed E-state index contributed by atoms with van der Waals surface area (Å²) >= 11 is 0. The number of nitrogens with one attached hydrogen (secondary N) is 2. The minimum absolute atomic E-state index is 0.00468. The number of nitro benzene ring substituents is 1. The van der Waals surface area contributed by atoms with Crippen LogP contribution in [-0.4, -0.2) is 49.6 Å². The molecule has 0 radical (unpaired) electrons. The summed E-state index contributed by atoms with van der Waals surface area (Å²) in [5, 5.41) is 11.5. The van der Waals surface area contributed by atoms with E-state index in [0.29, 0.717) is 32.0 Å². The van der Waals surface area contributed by atoms with Crippen LogP contribution in [0.4, 0.5) is 15.8 Å². The maximum absolute atomic E-state index is 13.1. The highest BCUT2D eigenvalue weighted by Crippen LogP contribution is 2.29. The third kappa shape index (κ3) is 5.41. The van der Waals surface area contributed by atoms with E-state index in [4.69, 9.17) is 9.47 Å². The molecule has 158 valence electrons. The molecule has 30 heavy (non-hydrogen) atoms. The number of hydrazine groups is 1. The lowest BCUT2D eigenvalue weighted by atomic mass is 10.1. The number of nitro groups is 1. The van der Waals surface area contributed by atoms with Crippen LogP contribution in [0.15, 0.2) is 42.5 Å². The summed E-state index contributed by atoms with van der Waals surface area (Å²) in [6, 6.07) is 9.32. The van der Waals surface area contributed by atoms with Crippen molar-refractivity contribution in [2.24, 2.45) is 0 Å². The van der Waals surface area contributed by atoms with Gasteiger partial charge in [0.1, 0.15) is 17.3 Å². The van der Waals surface area contributed by atoms with E-state index in [1.54, 1.807) is 0 Å². The van der Waals surface area contributed by atoms with E-state index in [2.05, 4.69) is 10.9 Å². The number of hydrogen-bond donors (Lipinski definition) is 2. The Balaban J connectivity index is 1.58. The van der Waals surface area contributed by atoms with Crippen molar-refractivity contribution in [2.75, 3.05) is 37.8 Å². The number of morpholine rings is 1. The summed E-state index contributed by atoms with van der Waals surface area (Å²) in [6.07, 6.45) is 0. The first-order chi connectivity index (χ1) is 14.4. The topological polar surface area (TPSA) is 123 Å². The zero-order chi connectivity index (χ0) is 21.5. The fourth-order valence-corrected chi connectivity index (χ4v) is 2.82. The predicted octanol–water partition coefficient (Wildman–Crippen LogP) is 1.41. The van der Waals surface area contributed by atoms with Crippen molar-refractivity contribution in [1.29, 1.82) is 0 Å². The Hall–Kier alpha value is -3.73. The van der Waals surface area contributed by atoms with E-state index in [1.807, 2.05) is 4.90 Å². The standard InChI is InChI=1S/C19H19FN4O6/c20-14-2-1-3-15(11-14)30-12-18(25)21-22-19(26)13-4-5-16(17(10-13)24(27)28)23-6-8-29-9-7-23/h1-5,10-11H,6-9,12H2,(H,21,25)(H,22,26). The molecule has 0 spiro atoms. The Morgan fingerprint density at radius 2 is 1.93 bits per heavy atom. The molecular formula is C19H19FN4O6. The third-order valence-electron chi connectivity index (χ3n) is 4.27. The second-order valence-corrected chi connectivity index (χ2v) is 6.31. The van der Waals surface area contributed by atoms with Gasteiger partial charge < -0.3 is 14.4 Å². The van der Waals surface area contributed by atoms with Crippen LogP contribution in [0, 0.1) is 15.9 Å². The van der Waals surface area contributed by atoms with E-state index in [1.165, 1.54) is 30.3 Å². The molecule has 2 amide bonds. The number of nitrogens with zero attached hydrogens (tertiary/aromatic N) is 2. The molecule has 1 saturated heterocycles. The van der Waals surface area contributed by atoms with Crippen molar-refractivity contribution in [3.8, 4) is 5.75 Å². The first kappa shape index (κ1) is 21.0. The number of anilines is 1. The molecule has 0 aromatic heterocycles. The molecule has 0 bridgehead atoms. The molecule has 1 heterocycles. The number of carbonyl (C=O) groups excluding carboxylic acids is 2. The van der Waals surface area contributed by atoms with Crippen LogP contribution in [0.3, 0.4) is 0 Å². The number of benzene rings is 2. The average Bonchev–Trinajstić information content (AvgIpc) is 2.76. The van der Waals surface area contributed by atoms with Gasteiger partial charge in [0.2, 0.25) is 0 Å². The number of rotatable bonds is 6. The monoisotopic (exact) mass is 418 g/mol. The van der Waals surface area contributed by atoms with Crippen LogP contribution in [-0.2, 0) is 9.53 Å². The normalized spacial score (nSPS) is 13.4. The van der Waals surface area contributed by atoms with Crippen LogP contribution in [0.5, 0.6) is 5.75 Å². The van der Waals surface area contributed by atoms with Gasteiger partial charge in [-0.1, -0.05) is 6.07 Å². The molecule has 11 heteroatoms. The van der Waals surface area contributed by atoms with Crippen LogP contribution in [0.25, 0.3) is 0 Å². The van der Waals surface area contributed by atoms with Gasteiger partial charge >= 0.3 is 0 Å². The van der Waals surface area contributed by atoms with Crippen LogP contribution in [0.1, 0.15) is 10.4 Å². The second-order valence-electron chi connectivity index (χ2n) is 6.31. The Kier molecular flexibility index (Phi) is 6.75. The maximum atomic E-state index is 13.1. The van der Waals surface area contributed by atoms with Crippen molar-refractivity contribution < 1.29 is 28.4 Å². The smallest absolute Gasteiger partial charge is 0.293 e. The zero-order valence-corrected chi connectivity index (χ0v) is 15.8. The van der Waals surface area contributed by atoms with Gasteiger partial charge in [-0.15, -0.1) is 0 Å². The summed E-state index contributed by atoms with van der Waals surface area (Å²) in [5.41, 5.74) is 4.48. The van der Waals surface area contributed by atoms with Gasteiger partial charge in [0.15, 0.2) is 6.61 Å². The fourth-order valence-electron chi connectivity index (χ4n) is 2.82. The molecule has 1 fully saturated rings. The van der Waals surface area contributed by atoms with Gasteiger partial charge in [-0.2, -0.15) is 0 Å². The van der Waals surface area contributed by atoms with Crippen LogP contribution < -0.4 is 20.5 Å². The number of amides is 2. The Bertz CT molecular complexity index is 948. The summed E-state index contributed by atoms with van der Waals surface area (Å²) in [4.78, 5) is 36.8. The molecule has 2 aromatic carbocycles. The van der Waals surface area contributed by atoms with Gasteiger partial charge in [-0.05, 0) is 24.3 Å². The highest BCUT2D eigenvalue weighted by molar-refractivity contribution is 5.96. The molecule has 3 rings (SSSR count). The minimum atomic E-state index is -0.731. The van der Waals surface area contributed by atoms with E-state index < -0.39 is 29.2 Å². The lowest BCUT2D eigenvalue weighted by Gasteiger charge is -2.28. The van der Waals surface area contributed by atoms with Gasteiger partial charge in [0.25, 0.3) is 17.5 Å². The number of ether oxygens (including phenoxy) is 2. The van der Waals surface area contributed by atoms with E-state index >= 15 is 0 Å². The Labute approximate surface area is 170 Å². The number of hydrogen-bond acceptors (Lipinski definition) is 7. The summed E-state index contributed by atoms with van der Waals surface area (Å²) < 4.78 is 23.4. The first-order valence-electron chi connectivity index (χ1n) is 9.03. The minimum Gasteiger partial charge on any atom is -0.484 e. The molecule has 0 aliphatic carbocycles. The van der Waals surface area contributed by atoms with Gasteiger partial charge in [-0.3, -0.25) is 30.6 Å². The van der Waals surface area contributed by atoms with Crippen molar-refractivity contribution in [2.45, 2.75) is 0 Å². The summed E-state index contributed by atoms with van der Waals surface area (Å²) in [7, 11) is 0. The van der Waals surface area contributed by atoms with Gasteiger partial charge in [-0.25, -0.2) is 4.39 Å². The van der Waals surface area contributed by atoms with Crippen LogP contribution >= 0.6 is 0 Å². The quantitative estimate of drug-likeness (QED) is 0.537. The van der Waals surface area contributed by atoms with Gasteiger partial charge in [0, 0.05) is 30.8 Å². The zero-order valence-electron chi connectivity index (χ0n) is 15.8. The molecular weight excluding hydrogens is 399 g/mol. The van der Waals surface area contributed by atoms with Gasteiger partial charge in [0.05, 0.1) is 18.1 Å². The van der Waals surface area contributed by atoms with E-state index in [-0.39, 0.29) is 17.0 Å². The molecule has 1 aliphatic rings. The maximum Gasteiger partial charge on any atom is 0.293 e. The first-order valence-corrected chi connectivity index (χ1v) is 9.03. The highest BCUT2D eigenvalue weighted by atomic mass is 19.1. The SMILES string of the molecule is O=C(COc1cccc(F)c1)NNC(=O)c1ccc(N2CCOCC2)c([N+](=O)[O-])c1. The largest absolute Gasteiger partial charge is 0.484 e. The Morgan fingerprint density at radius 3 is 2.63 bits per heavy atom. The number of halogens is 1. The van der Waals surface area contributed by atoms with Crippen molar-refractivity contribution in [1.82, 2.24) is 10.9 Å². The van der Waals surface area contributed by atoms with E-state index in [0.717, 1.165) is 12.1 Å². The molecule has 10 nitrogen and oxygen atoms in total. The summed E-state index contributed by atoms with van der Waals surface area (Å²) in [6.45, 7) is 1.48. The predicted molar refractivity (Wildman–Crippen MR) is 104 cm³/mol. The highest BCUT2D eigenvalue weighted by Gasteiger charge is 2.23. The van der Waals surface area contributed by atoms with Crippen molar-refractivity contribution >= 4 is 23.2 Å². The lowest BCUT2D eigenvalue weighted by molar-refractivity contribution is -0.384. The number of carbonyl (C=O) groups is 2. The van der Waals surface area contributed by atoms with Crippen molar-refractivity contribution in [3.63, 3.8) is 0 Å². The van der Waals surface area contributed by atoms with Crippen molar-refractivity contribution in [3.05, 3.63) is 64.0 Å².